The van der Waals surface area contributed by atoms with Crippen LogP contribution in [-0.4, -0.2) is 13.1 Å². The lowest BCUT2D eigenvalue weighted by molar-refractivity contribution is -0.139. The van der Waals surface area contributed by atoms with Crippen molar-refractivity contribution in [3.8, 4) is 0 Å². The van der Waals surface area contributed by atoms with E-state index in [1.165, 1.54) is 21.5 Å². The minimum Gasteiger partial charge on any atom is -0.469 e. The standard InChI is InChI=1S/C13H11IO2/c1-16-13(15)8-9-5-6-10-3-2-4-12(14)11(10)7-9/h2-7H,8H2,1H3. The van der Waals surface area contributed by atoms with E-state index in [2.05, 4.69) is 39.5 Å². The number of hydrogen-bond donors (Lipinski definition) is 0. The highest BCUT2D eigenvalue weighted by molar-refractivity contribution is 14.1. The van der Waals surface area contributed by atoms with Crippen molar-refractivity contribution in [3.63, 3.8) is 0 Å². The normalized spacial score (nSPS) is 10.4. The van der Waals surface area contributed by atoms with E-state index in [0.29, 0.717) is 6.42 Å². The van der Waals surface area contributed by atoms with Gasteiger partial charge in [0.15, 0.2) is 0 Å². The van der Waals surface area contributed by atoms with Gasteiger partial charge in [0, 0.05) is 3.57 Å². The second-order valence-corrected chi connectivity index (χ2v) is 4.71. The number of hydrogen-bond acceptors (Lipinski definition) is 2. The van der Waals surface area contributed by atoms with E-state index in [0.717, 1.165) is 5.56 Å². The van der Waals surface area contributed by atoms with Crippen molar-refractivity contribution in [3.05, 3.63) is 45.5 Å². The van der Waals surface area contributed by atoms with Gasteiger partial charge in [-0.15, -0.1) is 0 Å². The SMILES string of the molecule is COC(=O)Cc1ccc2cccc(I)c2c1. The van der Waals surface area contributed by atoms with Crippen LogP contribution in [-0.2, 0) is 16.0 Å². The number of halogens is 1. The average molecular weight is 326 g/mol. The van der Waals surface area contributed by atoms with Gasteiger partial charge < -0.3 is 4.74 Å². The second-order valence-electron chi connectivity index (χ2n) is 3.55. The molecule has 0 N–H and O–H groups in total. The van der Waals surface area contributed by atoms with Crippen molar-refractivity contribution < 1.29 is 9.53 Å². The zero-order valence-electron chi connectivity index (χ0n) is 8.87. The van der Waals surface area contributed by atoms with E-state index in [-0.39, 0.29) is 5.97 Å². The van der Waals surface area contributed by atoms with Crippen LogP contribution in [0.2, 0.25) is 0 Å². The van der Waals surface area contributed by atoms with E-state index < -0.39 is 0 Å². The molecule has 82 valence electrons. The summed E-state index contributed by atoms with van der Waals surface area (Å²) >= 11 is 2.30. The first-order valence-corrected chi connectivity index (χ1v) is 6.02. The zero-order chi connectivity index (χ0) is 11.5. The van der Waals surface area contributed by atoms with Gasteiger partial charge in [-0.25, -0.2) is 0 Å². The van der Waals surface area contributed by atoms with Crippen LogP contribution in [0, 0.1) is 3.57 Å². The lowest BCUT2D eigenvalue weighted by Crippen LogP contribution is -2.04. The number of methoxy groups -OCH3 is 1. The molecule has 0 spiro atoms. The van der Waals surface area contributed by atoms with Gasteiger partial charge in [-0.2, -0.15) is 0 Å². The predicted molar refractivity (Wildman–Crippen MR) is 72.4 cm³/mol. The van der Waals surface area contributed by atoms with E-state index in [4.69, 9.17) is 0 Å². The van der Waals surface area contributed by atoms with Crippen LogP contribution in [0.1, 0.15) is 5.56 Å². The first kappa shape index (κ1) is 11.4. The van der Waals surface area contributed by atoms with Crippen molar-refractivity contribution in [2.24, 2.45) is 0 Å². The molecule has 0 bridgehead atoms. The Labute approximate surface area is 108 Å². The summed E-state index contributed by atoms with van der Waals surface area (Å²) in [6.45, 7) is 0. The molecule has 2 aromatic carbocycles. The van der Waals surface area contributed by atoms with E-state index >= 15 is 0 Å². The minimum atomic E-state index is -0.203. The van der Waals surface area contributed by atoms with Gasteiger partial charge in [0.1, 0.15) is 0 Å². The van der Waals surface area contributed by atoms with Crippen LogP contribution in [0.4, 0.5) is 0 Å². The maximum absolute atomic E-state index is 11.2. The quantitative estimate of drug-likeness (QED) is 0.626. The van der Waals surface area contributed by atoms with Crippen LogP contribution >= 0.6 is 22.6 Å². The fraction of sp³-hybridized carbons (Fsp3) is 0.154. The van der Waals surface area contributed by atoms with Gasteiger partial charge in [-0.1, -0.05) is 24.3 Å². The highest BCUT2D eigenvalue weighted by Crippen LogP contribution is 2.22. The number of benzene rings is 2. The summed E-state index contributed by atoms with van der Waals surface area (Å²) in [5, 5.41) is 2.38. The first-order valence-electron chi connectivity index (χ1n) is 4.94. The molecule has 2 aromatic rings. The number of carbonyl (C=O) groups is 1. The highest BCUT2D eigenvalue weighted by atomic mass is 127. The summed E-state index contributed by atoms with van der Waals surface area (Å²) in [6, 6.07) is 12.2. The Morgan fingerprint density at radius 1 is 1.31 bits per heavy atom. The molecule has 16 heavy (non-hydrogen) atoms. The molecule has 0 amide bonds. The van der Waals surface area contributed by atoms with Crippen molar-refractivity contribution in [1.82, 2.24) is 0 Å². The van der Waals surface area contributed by atoms with Crippen LogP contribution in [0.5, 0.6) is 0 Å². The van der Waals surface area contributed by atoms with Gasteiger partial charge in [0.25, 0.3) is 0 Å². The molecule has 0 unspecified atom stereocenters. The summed E-state index contributed by atoms with van der Waals surface area (Å²) in [6.07, 6.45) is 0.331. The summed E-state index contributed by atoms with van der Waals surface area (Å²) in [7, 11) is 1.41. The molecule has 3 heteroatoms. The van der Waals surface area contributed by atoms with Gasteiger partial charge in [-0.05, 0) is 51.1 Å². The summed E-state index contributed by atoms with van der Waals surface area (Å²) in [5.41, 5.74) is 0.989. The topological polar surface area (TPSA) is 26.3 Å². The molecule has 2 rings (SSSR count). The first-order chi connectivity index (χ1) is 7.70. The maximum Gasteiger partial charge on any atom is 0.309 e. The summed E-state index contributed by atoms with van der Waals surface area (Å²) < 4.78 is 5.85. The highest BCUT2D eigenvalue weighted by Gasteiger charge is 2.04. The van der Waals surface area contributed by atoms with E-state index in [1.54, 1.807) is 0 Å². The Kier molecular flexibility index (Phi) is 3.43. The molecule has 0 saturated carbocycles. The Balaban J connectivity index is 2.43. The number of fused-ring (bicyclic) bond motifs is 1. The maximum atomic E-state index is 11.2. The van der Waals surface area contributed by atoms with Crippen molar-refractivity contribution in [1.29, 1.82) is 0 Å². The molecule has 0 atom stereocenters. The molecule has 0 radical (unpaired) electrons. The third-order valence-electron chi connectivity index (χ3n) is 2.47. The number of ether oxygens (including phenoxy) is 1. The fourth-order valence-electron chi connectivity index (χ4n) is 1.63. The molecule has 0 aromatic heterocycles. The summed E-state index contributed by atoms with van der Waals surface area (Å²) in [5.74, 6) is -0.203. The summed E-state index contributed by atoms with van der Waals surface area (Å²) in [4.78, 5) is 11.2. The van der Waals surface area contributed by atoms with Gasteiger partial charge >= 0.3 is 5.97 Å². The smallest absolute Gasteiger partial charge is 0.309 e. The third kappa shape index (κ3) is 2.35. The van der Waals surface area contributed by atoms with Gasteiger partial charge in [0.05, 0.1) is 13.5 Å². The average Bonchev–Trinajstić information content (AvgIpc) is 2.30. The third-order valence-corrected chi connectivity index (χ3v) is 3.41. The molecule has 0 saturated heterocycles. The Hall–Kier alpha value is -1.10. The molecule has 0 aliphatic rings. The number of rotatable bonds is 2. The number of esters is 1. The van der Waals surface area contributed by atoms with Gasteiger partial charge in [0.2, 0.25) is 0 Å². The van der Waals surface area contributed by atoms with Crippen LogP contribution < -0.4 is 0 Å². The van der Waals surface area contributed by atoms with Crippen molar-refractivity contribution >= 4 is 39.3 Å². The predicted octanol–water partition coefficient (Wildman–Crippen LogP) is 3.16. The van der Waals surface area contributed by atoms with Gasteiger partial charge in [-0.3, -0.25) is 4.79 Å². The largest absolute Gasteiger partial charge is 0.469 e. The van der Waals surface area contributed by atoms with Crippen molar-refractivity contribution in [2.45, 2.75) is 6.42 Å². The molecule has 0 heterocycles. The fourth-order valence-corrected chi connectivity index (χ4v) is 2.31. The van der Waals surface area contributed by atoms with Crippen LogP contribution in [0.25, 0.3) is 10.8 Å². The zero-order valence-corrected chi connectivity index (χ0v) is 11.0. The molecule has 0 aliphatic carbocycles. The lowest BCUT2D eigenvalue weighted by atomic mass is 10.1. The van der Waals surface area contributed by atoms with E-state index in [1.807, 2.05) is 24.3 Å². The Morgan fingerprint density at radius 3 is 2.88 bits per heavy atom. The Bertz CT molecular complexity index is 534. The molecular weight excluding hydrogens is 315 g/mol. The minimum absolute atomic E-state index is 0.203. The lowest BCUT2D eigenvalue weighted by Gasteiger charge is -2.04. The monoisotopic (exact) mass is 326 g/mol. The van der Waals surface area contributed by atoms with Crippen LogP contribution in [0.3, 0.4) is 0 Å². The Morgan fingerprint density at radius 2 is 2.12 bits per heavy atom. The molecular formula is C13H11IO2. The molecule has 0 aliphatic heterocycles. The second kappa shape index (κ2) is 4.82. The van der Waals surface area contributed by atoms with Crippen LogP contribution in [0.15, 0.2) is 36.4 Å². The van der Waals surface area contributed by atoms with E-state index in [9.17, 15) is 4.79 Å². The molecule has 0 fully saturated rings. The number of carbonyl (C=O) groups excluding carboxylic acids is 1. The van der Waals surface area contributed by atoms with Crippen molar-refractivity contribution in [2.75, 3.05) is 7.11 Å². The molecule has 2 nitrogen and oxygen atoms in total.